The first-order valence-corrected chi connectivity index (χ1v) is 6.69. The lowest BCUT2D eigenvalue weighted by molar-refractivity contribution is 0.583. The summed E-state index contributed by atoms with van der Waals surface area (Å²) in [4.78, 5) is 3.79. The highest BCUT2D eigenvalue weighted by Gasteiger charge is 2.13. The minimum atomic E-state index is -0.512. The maximum Gasteiger partial charge on any atom is 0.214 e. The Kier molecular flexibility index (Phi) is 4.61. The summed E-state index contributed by atoms with van der Waals surface area (Å²) < 4.78 is 13.1. The first kappa shape index (κ1) is 14.1. The summed E-state index contributed by atoms with van der Waals surface area (Å²) in [7, 11) is 0. The summed E-state index contributed by atoms with van der Waals surface area (Å²) >= 11 is 12.1. The van der Waals surface area contributed by atoms with Crippen molar-refractivity contribution in [3.05, 3.63) is 58.0 Å². The molecule has 1 aromatic carbocycles. The van der Waals surface area contributed by atoms with E-state index in [9.17, 15) is 4.39 Å². The first-order chi connectivity index (χ1) is 9.10. The lowest BCUT2D eigenvalue weighted by atomic mass is 10.0. The molecule has 0 spiro atoms. The van der Waals surface area contributed by atoms with Crippen LogP contribution in [-0.2, 0) is 0 Å². The molecule has 0 saturated carbocycles. The molecular formula is C14H13Cl2FN2. The third-order valence-electron chi connectivity index (χ3n) is 2.78. The largest absolute Gasteiger partial charge is 0.363 e. The molecule has 0 aliphatic carbocycles. The van der Waals surface area contributed by atoms with Crippen molar-refractivity contribution >= 4 is 29.0 Å². The van der Waals surface area contributed by atoms with Gasteiger partial charge in [0.1, 0.15) is 5.82 Å². The van der Waals surface area contributed by atoms with Crippen LogP contribution < -0.4 is 5.32 Å². The van der Waals surface area contributed by atoms with Crippen molar-refractivity contribution < 1.29 is 4.39 Å². The molecule has 2 rings (SSSR count). The molecule has 1 N–H and O–H groups in total. The van der Waals surface area contributed by atoms with E-state index in [0.29, 0.717) is 15.9 Å². The van der Waals surface area contributed by atoms with Crippen LogP contribution in [0.2, 0.25) is 10.0 Å². The molecule has 2 aromatic rings. The average Bonchev–Trinajstić information content (AvgIpc) is 2.37. The number of nitrogens with zero attached hydrogens (tertiary/aromatic N) is 1. The van der Waals surface area contributed by atoms with Gasteiger partial charge >= 0.3 is 0 Å². The lowest BCUT2D eigenvalue weighted by Gasteiger charge is -2.19. The van der Waals surface area contributed by atoms with Crippen LogP contribution in [0.15, 0.2) is 36.4 Å². The van der Waals surface area contributed by atoms with E-state index in [1.807, 2.05) is 13.0 Å². The molecule has 0 bridgehead atoms. The van der Waals surface area contributed by atoms with Crippen molar-refractivity contribution in [2.45, 2.75) is 19.4 Å². The van der Waals surface area contributed by atoms with E-state index in [4.69, 9.17) is 23.2 Å². The second kappa shape index (κ2) is 6.22. The highest BCUT2D eigenvalue weighted by molar-refractivity contribution is 6.35. The Balaban J connectivity index is 2.25. The second-order valence-corrected chi connectivity index (χ2v) is 4.96. The van der Waals surface area contributed by atoms with Crippen molar-refractivity contribution in [3.8, 4) is 0 Å². The Morgan fingerprint density at radius 3 is 2.68 bits per heavy atom. The van der Waals surface area contributed by atoms with Gasteiger partial charge in [0.05, 0.1) is 6.04 Å². The van der Waals surface area contributed by atoms with Gasteiger partial charge in [-0.05, 0) is 36.2 Å². The fourth-order valence-corrected chi connectivity index (χ4v) is 2.39. The van der Waals surface area contributed by atoms with Crippen LogP contribution in [0.25, 0.3) is 0 Å². The number of anilines is 1. The zero-order valence-corrected chi connectivity index (χ0v) is 11.8. The van der Waals surface area contributed by atoms with Crippen molar-refractivity contribution in [3.63, 3.8) is 0 Å². The van der Waals surface area contributed by atoms with Crippen LogP contribution in [0.1, 0.15) is 24.9 Å². The summed E-state index contributed by atoms with van der Waals surface area (Å²) in [5.74, 6) is -0.0278. The third kappa shape index (κ3) is 3.58. The maximum absolute atomic E-state index is 13.1. The maximum atomic E-state index is 13.1. The predicted molar refractivity (Wildman–Crippen MR) is 77.3 cm³/mol. The minimum absolute atomic E-state index is 0.0425. The van der Waals surface area contributed by atoms with Crippen molar-refractivity contribution in [1.29, 1.82) is 0 Å². The molecule has 0 radical (unpaired) electrons. The van der Waals surface area contributed by atoms with Gasteiger partial charge in [0, 0.05) is 10.0 Å². The number of pyridine rings is 1. The number of nitrogens with one attached hydrogen (secondary N) is 1. The molecule has 1 atom stereocenters. The summed E-state index contributed by atoms with van der Waals surface area (Å²) in [6.45, 7) is 2.02. The SMILES string of the molecule is CCC(Nc1cccc(F)n1)c1ccc(Cl)cc1Cl. The van der Waals surface area contributed by atoms with Crippen molar-refractivity contribution in [2.24, 2.45) is 0 Å². The second-order valence-electron chi connectivity index (χ2n) is 4.12. The van der Waals surface area contributed by atoms with Gasteiger partial charge in [-0.2, -0.15) is 4.39 Å². The van der Waals surface area contributed by atoms with Gasteiger partial charge in [-0.3, -0.25) is 0 Å². The van der Waals surface area contributed by atoms with Crippen molar-refractivity contribution in [2.75, 3.05) is 5.32 Å². The fraction of sp³-hybridized carbons (Fsp3) is 0.214. The highest BCUT2D eigenvalue weighted by atomic mass is 35.5. The van der Waals surface area contributed by atoms with E-state index in [1.54, 1.807) is 24.3 Å². The van der Waals surface area contributed by atoms with E-state index in [1.165, 1.54) is 6.07 Å². The van der Waals surface area contributed by atoms with Gasteiger partial charge in [0.2, 0.25) is 5.95 Å². The topological polar surface area (TPSA) is 24.9 Å². The third-order valence-corrected chi connectivity index (χ3v) is 3.35. The van der Waals surface area contributed by atoms with E-state index in [-0.39, 0.29) is 6.04 Å². The molecular weight excluding hydrogens is 286 g/mol. The van der Waals surface area contributed by atoms with Crippen LogP contribution in [-0.4, -0.2) is 4.98 Å². The number of hydrogen-bond acceptors (Lipinski definition) is 2. The van der Waals surface area contributed by atoms with Crippen LogP contribution in [0.5, 0.6) is 0 Å². The molecule has 100 valence electrons. The Labute approximate surface area is 121 Å². The summed E-state index contributed by atoms with van der Waals surface area (Å²) in [5.41, 5.74) is 0.916. The first-order valence-electron chi connectivity index (χ1n) is 5.94. The molecule has 5 heteroatoms. The molecule has 19 heavy (non-hydrogen) atoms. The minimum Gasteiger partial charge on any atom is -0.363 e. The molecule has 0 aliphatic heterocycles. The summed E-state index contributed by atoms with van der Waals surface area (Å²) in [6.07, 6.45) is 0.791. The van der Waals surface area contributed by atoms with E-state index in [2.05, 4.69) is 10.3 Å². The standard InChI is InChI=1S/C14H13Cl2FN2/c1-2-12(10-7-6-9(15)8-11(10)16)18-14-5-3-4-13(17)19-14/h3-8,12H,2H2,1H3,(H,18,19). The fourth-order valence-electron chi connectivity index (χ4n) is 1.85. The molecule has 1 heterocycles. The van der Waals surface area contributed by atoms with E-state index in [0.717, 1.165) is 12.0 Å². The van der Waals surface area contributed by atoms with Gasteiger partial charge in [0.15, 0.2) is 0 Å². The Morgan fingerprint density at radius 1 is 1.26 bits per heavy atom. The van der Waals surface area contributed by atoms with E-state index >= 15 is 0 Å². The number of benzene rings is 1. The molecule has 0 saturated heterocycles. The van der Waals surface area contributed by atoms with Crippen LogP contribution in [0.3, 0.4) is 0 Å². The number of rotatable bonds is 4. The monoisotopic (exact) mass is 298 g/mol. The van der Waals surface area contributed by atoms with Crippen LogP contribution in [0.4, 0.5) is 10.2 Å². The van der Waals surface area contributed by atoms with Crippen molar-refractivity contribution in [1.82, 2.24) is 4.98 Å². The Hall–Kier alpha value is -1.32. The zero-order chi connectivity index (χ0) is 13.8. The quantitative estimate of drug-likeness (QED) is 0.795. The highest BCUT2D eigenvalue weighted by Crippen LogP contribution is 2.30. The molecule has 0 aliphatic rings. The van der Waals surface area contributed by atoms with Gasteiger partial charge in [-0.25, -0.2) is 4.98 Å². The molecule has 1 aromatic heterocycles. The average molecular weight is 299 g/mol. The predicted octanol–water partition coefficient (Wildman–Crippen LogP) is 5.09. The normalized spacial score (nSPS) is 12.2. The molecule has 0 fully saturated rings. The van der Waals surface area contributed by atoms with E-state index < -0.39 is 5.95 Å². The summed E-state index contributed by atoms with van der Waals surface area (Å²) in [6, 6.07) is 9.94. The summed E-state index contributed by atoms with van der Waals surface area (Å²) in [5, 5.41) is 4.34. The van der Waals surface area contributed by atoms with Crippen LogP contribution >= 0.6 is 23.2 Å². The Morgan fingerprint density at radius 2 is 2.05 bits per heavy atom. The molecule has 2 nitrogen and oxygen atoms in total. The molecule has 1 unspecified atom stereocenters. The number of hydrogen-bond donors (Lipinski definition) is 1. The lowest BCUT2D eigenvalue weighted by Crippen LogP contribution is -2.11. The van der Waals surface area contributed by atoms with Crippen LogP contribution in [0, 0.1) is 5.95 Å². The number of aromatic nitrogens is 1. The Bertz CT molecular complexity index is 575. The van der Waals surface area contributed by atoms with Gasteiger partial charge in [-0.1, -0.05) is 42.3 Å². The molecule has 0 amide bonds. The van der Waals surface area contributed by atoms with Gasteiger partial charge < -0.3 is 5.32 Å². The smallest absolute Gasteiger partial charge is 0.214 e. The number of halogens is 3. The zero-order valence-electron chi connectivity index (χ0n) is 10.3. The van der Waals surface area contributed by atoms with Gasteiger partial charge in [0.25, 0.3) is 0 Å². The van der Waals surface area contributed by atoms with Gasteiger partial charge in [-0.15, -0.1) is 0 Å².